The lowest BCUT2D eigenvalue weighted by Crippen LogP contribution is -2.24. The van der Waals surface area contributed by atoms with Crippen LogP contribution in [-0.4, -0.2) is 18.5 Å². The fraction of sp³-hybridized carbons (Fsp3) is 0.231. The Balaban J connectivity index is 2.28. The van der Waals surface area contributed by atoms with Gasteiger partial charge in [0, 0.05) is 5.56 Å². The average Bonchev–Trinajstić information content (AvgIpc) is 2.67. The summed E-state index contributed by atoms with van der Waals surface area (Å²) in [5, 5.41) is 2.72. The van der Waals surface area contributed by atoms with Crippen LogP contribution in [-0.2, 0) is 9.53 Å². The Morgan fingerprint density at radius 1 is 1.47 bits per heavy atom. The molecule has 0 spiro atoms. The van der Waals surface area contributed by atoms with Crippen molar-refractivity contribution in [3.8, 4) is 0 Å². The molecule has 0 bridgehead atoms. The summed E-state index contributed by atoms with van der Waals surface area (Å²) in [5.41, 5.74) is 1.61. The van der Waals surface area contributed by atoms with E-state index in [2.05, 4.69) is 11.9 Å². The maximum atomic E-state index is 11.7. The van der Waals surface area contributed by atoms with Crippen molar-refractivity contribution in [2.75, 3.05) is 6.61 Å². The van der Waals surface area contributed by atoms with Crippen LogP contribution < -0.4 is 5.32 Å². The summed E-state index contributed by atoms with van der Waals surface area (Å²) in [6, 6.07) is 6.67. The van der Waals surface area contributed by atoms with Crippen LogP contribution in [0.4, 0.5) is 0 Å². The van der Waals surface area contributed by atoms with Gasteiger partial charge in [-0.25, -0.2) is 4.79 Å². The second-order valence-corrected chi connectivity index (χ2v) is 3.74. The first-order valence-corrected chi connectivity index (χ1v) is 5.41. The van der Waals surface area contributed by atoms with Gasteiger partial charge in [-0.05, 0) is 18.6 Å². The van der Waals surface area contributed by atoms with E-state index in [4.69, 9.17) is 4.74 Å². The van der Waals surface area contributed by atoms with Crippen LogP contribution in [0.5, 0.6) is 0 Å². The summed E-state index contributed by atoms with van der Waals surface area (Å²) < 4.78 is 4.88. The van der Waals surface area contributed by atoms with Gasteiger partial charge in [-0.15, -0.1) is 0 Å². The van der Waals surface area contributed by atoms with E-state index in [1.165, 1.54) is 0 Å². The predicted octanol–water partition coefficient (Wildman–Crippen LogP) is 1.59. The van der Waals surface area contributed by atoms with Gasteiger partial charge in [0.15, 0.2) is 0 Å². The molecule has 4 nitrogen and oxygen atoms in total. The largest absolute Gasteiger partial charge is 0.463 e. The zero-order valence-corrected chi connectivity index (χ0v) is 9.53. The predicted molar refractivity (Wildman–Crippen MR) is 62.4 cm³/mol. The van der Waals surface area contributed by atoms with Gasteiger partial charge in [0.05, 0.1) is 18.2 Å². The van der Waals surface area contributed by atoms with Crippen LogP contribution in [0, 0.1) is 0 Å². The number of nitrogens with one attached hydrogen (secondary N) is 1. The Morgan fingerprint density at radius 2 is 2.18 bits per heavy atom. The fourth-order valence-corrected chi connectivity index (χ4v) is 1.86. The van der Waals surface area contributed by atoms with Crippen LogP contribution in [0.2, 0.25) is 0 Å². The molecule has 0 fully saturated rings. The van der Waals surface area contributed by atoms with Crippen molar-refractivity contribution in [1.29, 1.82) is 0 Å². The summed E-state index contributed by atoms with van der Waals surface area (Å²) in [7, 11) is 0. The van der Waals surface area contributed by atoms with Crippen molar-refractivity contribution >= 4 is 11.9 Å². The third-order valence-electron chi connectivity index (χ3n) is 2.68. The Hall–Kier alpha value is -2.10. The topological polar surface area (TPSA) is 55.4 Å². The van der Waals surface area contributed by atoms with Crippen LogP contribution in [0.15, 0.2) is 36.4 Å². The van der Waals surface area contributed by atoms with Gasteiger partial charge in [-0.1, -0.05) is 24.8 Å². The lowest BCUT2D eigenvalue weighted by molar-refractivity contribution is -0.138. The zero-order valence-electron chi connectivity index (χ0n) is 9.53. The standard InChI is InChI=1S/C13H13NO3/c1-3-17-13(16)8(2)11-9-6-4-5-7-10(9)12(15)14-11/h4-7,11H,2-3H2,1H3,(H,14,15). The van der Waals surface area contributed by atoms with Crippen molar-refractivity contribution < 1.29 is 14.3 Å². The summed E-state index contributed by atoms with van der Waals surface area (Å²) in [6.45, 7) is 5.72. The Labute approximate surface area is 99.3 Å². The van der Waals surface area contributed by atoms with Gasteiger partial charge < -0.3 is 10.1 Å². The summed E-state index contributed by atoms with van der Waals surface area (Å²) >= 11 is 0. The molecule has 1 aliphatic rings. The molecule has 4 heteroatoms. The number of rotatable bonds is 3. The van der Waals surface area contributed by atoms with Gasteiger partial charge in [0.1, 0.15) is 0 Å². The SMILES string of the molecule is C=C(C(=O)OCC)C1NC(=O)c2ccccc21. The molecule has 1 heterocycles. The minimum atomic E-state index is -0.477. The van der Waals surface area contributed by atoms with Crippen molar-refractivity contribution in [2.24, 2.45) is 0 Å². The van der Waals surface area contributed by atoms with Crippen molar-refractivity contribution in [2.45, 2.75) is 13.0 Å². The number of hydrogen-bond acceptors (Lipinski definition) is 3. The molecular formula is C13H13NO3. The number of amides is 1. The van der Waals surface area contributed by atoms with Crippen LogP contribution in [0.1, 0.15) is 28.9 Å². The highest BCUT2D eigenvalue weighted by Crippen LogP contribution is 2.30. The van der Waals surface area contributed by atoms with Gasteiger partial charge in [-0.3, -0.25) is 4.79 Å². The van der Waals surface area contributed by atoms with Gasteiger partial charge in [-0.2, -0.15) is 0 Å². The summed E-state index contributed by atoms with van der Waals surface area (Å²) in [6.07, 6.45) is 0. The minimum absolute atomic E-state index is 0.184. The molecule has 1 aliphatic heterocycles. The third-order valence-corrected chi connectivity index (χ3v) is 2.68. The molecule has 0 radical (unpaired) electrons. The van der Waals surface area contributed by atoms with E-state index < -0.39 is 12.0 Å². The van der Waals surface area contributed by atoms with E-state index in [9.17, 15) is 9.59 Å². The van der Waals surface area contributed by atoms with E-state index in [1.807, 2.05) is 12.1 Å². The lowest BCUT2D eigenvalue weighted by atomic mass is 9.99. The number of fused-ring (bicyclic) bond motifs is 1. The van der Waals surface area contributed by atoms with Gasteiger partial charge in [0.2, 0.25) is 0 Å². The first-order valence-electron chi connectivity index (χ1n) is 5.41. The van der Waals surface area contributed by atoms with Crippen LogP contribution in [0.3, 0.4) is 0 Å². The van der Waals surface area contributed by atoms with E-state index in [1.54, 1.807) is 19.1 Å². The normalized spacial score (nSPS) is 17.2. The maximum absolute atomic E-state index is 11.7. The monoisotopic (exact) mass is 231 g/mol. The minimum Gasteiger partial charge on any atom is -0.463 e. The van der Waals surface area contributed by atoms with Gasteiger partial charge >= 0.3 is 5.97 Å². The zero-order chi connectivity index (χ0) is 12.4. The van der Waals surface area contributed by atoms with Crippen LogP contribution >= 0.6 is 0 Å². The average molecular weight is 231 g/mol. The number of carbonyl (C=O) groups is 2. The Morgan fingerprint density at radius 3 is 2.88 bits per heavy atom. The summed E-state index contributed by atoms with van der Waals surface area (Å²) in [5.74, 6) is -0.662. The van der Waals surface area contributed by atoms with E-state index in [-0.39, 0.29) is 11.5 Å². The summed E-state index contributed by atoms with van der Waals surface area (Å²) in [4.78, 5) is 23.2. The molecule has 1 N–H and O–H groups in total. The van der Waals surface area contributed by atoms with Crippen molar-refractivity contribution in [1.82, 2.24) is 5.32 Å². The quantitative estimate of drug-likeness (QED) is 0.635. The van der Waals surface area contributed by atoms with E-state index in [0.29, 0.717) is 12.2 Å². The molecule has 1 aromatic carbocycles. The Bertz CT molecular complexity index is 493. The second kappa shape index (κ2) is 4.41. The highest BCUT2D eigenvalue weighted by molar-refractivity contribution is 6.02. The smallest absolute Gasteiger partial charge is 0.335 e. The number of esters is 1. The molecule has 0 aliphatic carbocycles. The first-order chi connectivity index (χ1) is 8.15. The Kier molecular flexibility index (Phi) is 2.95. The molecule has 1 atom stereocenters. The molecule has 17 heavy (non-hydrogen) atoms. The number of hydrogen-bond donors (Lipinski definition) is 1. The highest BCUT2D eigenvalue weighted by atomic mass is 16.5. The molecule has 1 unspecified atom stereocenters. The highest BCUT2D eigenvalue weighted by Gasteiger charge is 2.32. The molecule has 88 valence electrons. The third kappa shape index (κ3) is 1.93. The molecular weight excluding hydrogens is 218 g/mol. The molecule has 1 aromatic rings. The second-order valence-electron chi connectivity index (χ2n) is 3.74. The molecule has 0 aromatic heterocycles. The maximum Gasteiger partial charge on any atom is 0.335 e. The number of carbonyl (C=O) groups excluding carboxylic acids is 2. The molecule has 2 rings (SSSR count). The van der Waals surface area contributed by atoms with Crippen molar-refractivity contribution in [3.63, 3.8) is 0 Å². The molecule has 0 saturated carbocycles. The number of benzene rings is 1. The van der Waals surface area contributed by atoms with Crippen LogP contribution in [0.25, 0.3) is 0 Å². The molecule has 0 saturated heterocycles. The number of ether oxygens (including phenoxy) is 1. The fourth-order valence-electron chi connectivity index (χ4n) is 1.86. The molecule has 1 amide bonds. The van der Waals surface area contributed by atoms with Gasteiger partial charge in [0.25, 0.3) is 5.91 Å². The van der Waals surface area contributed by atoms with Crippen molar-refractivity contribution in [3.05, 3.63) is 47.5 Å². The van der Waals surface area contributed by atoms with E-state index in [0.717, 1.165) is 5.56 Å². The first kappa shape index (κ1) is 11.4. The van der Waals surface area contributed by atoms with E-state index >= 15 is 0 Å². The lowest BCUT2D eigenvalue weighted by Gasteiger charge is -2.13.